The van der Waals surface area contributed by atoms with Gasteiger partial charge < -0.3 is 15.3 Å². The van der Waals surface area contributed by atoms with E-state index < -0.39 is 0 Å². The Balaban J connectivity index is 1.86. The van der Waals surface area contributed by atoms with Crippen molar-refractivity contribution in [2.45, 2.75) is 97.3 Å². The van der Waals surface area contributed by atoms with Crippen molar-refractivity contribution in [1.29, 1.82) is 0 Å². The number of benzene rings is 1. The first-order chi connectivity index (χ1) is 13.1. The molecule has 0 heterocycles. The van der Waals surface area contributed by atoms with Crippen molar-refractivity contribution in [3.05, 3.63) is 23.3 Å². The molecule has 1 aromatic carbocycles. The summed E-state index contributed by atoms with van der Waals surface area (Å²) in [5.74, 6) is 0.984. The smallest absolute Gasteiger partial charge is 0.123 e. The number of phenols is 2. The Morgan fingerprint density at radius 3 is 2.25 bits per heavy atom. The van der Waals surface area contributed by atoms with Crippen molar-refractivity contribution in [3.63, 3.8) is 0 Å². The summed E-state index contributed by atoms with van der Waals surface area (Å²) in [6.45, 7) is 11.3. The van der Waals surface area contributed by atoms with Crippen LogP contribution in [0.15, 0.2) is 12.1 Å². The van der Waals surface area contributed by atoms with Crippen LogP contribution in [0.1, 0.15) is 103 Å². The van der Waals surface area contributed by atoms with Crippen molar-refractivity contribution in [1.82, 2.24) is 0 Å². The Morgan fingerprint density at radius 2 is 1.71 bits per heavy atom. The Morgan fingerprint density at radius 1 is 1.07 bits per heavy atom. The predicted molar refractivity (Wildman–Crippen MR) is 115 cm³/mol. The summed E-state index contributed by atoms with van der Waals surface area (Å²) in [6.07, 6.45) is 8.89. The van der Waals surface area contributed by atoms with Gasteiger partial charge in [0, 0.05) is 12.2 Å². The minimum absolute atomic E-state index is 0.0303. The third-order valence-electron chi connectivity index (χ3n) is 8.57. The summed E-state index contributed by atoms with van der Waals surface area (Å²) in [6, 6.07) is 3.78. The van der Waals surface area contributed by atoms with Gasteiger partial charge in [-0.25, -0.2) is 0 Å². The van der Waals surface area contributed by atoms with Crippen molar-refractivity contribution >= 4 is 0 Å². The highest BCUT2D eigenvalue weighted by atomic mass is 16.3. The van der Waals surface area contributed by atoms with Crippen LogP contribution in [0.4, 0.5) is 0 Å². The van der Waals surface area contributed by atoms with E-state index in [1.54, 1.807) is 0 Å². The van der Waals surface area contributed by atoms with Crippen LogP contribution in [0.5, 0.6) is 11.5 Å². The Hall–Kier alpha value is -1.22. The SMILES string of the molecule is CCCCCCC(C)(C)c1cc(O)c(C2CC3(CO)CCC2C3(C)C)c(O)c1. The lowest BCUT2D eigenvalue weighted by Gasteiger charge is -2.36. The first-order valence-electron chi connectivity index (χ1n) is 11.3. The summed E-state index contributed by atoms with van der Waals surface area (Å²) >= 11 is 0. The summed E-state index contributed by atoms with van der Waals surface area (Å²) < 4.78 is 0. The van der Waals surface area contributed by atoms with Gasteiger partial charge in [0.15, 0.2) is 0 Å². The molecule has 0 radical (unpaired) electrons. The van der Waals surface area contributed by atoms with Crippen LogP contribution in [0.2, 0.25) is 0 Å². The molecular formula is C25H40O3. The molecule has 3 unspecified atom stereocenters. The number of unbranched alkanes of at least 4 members (excludes halogenated alkanes) is 3. The molecule has 3 N–H and O–H groups in total. The average molecular weight is 389 g/mol. The maximum absolute atomic E-state index is 10.9. The summed E-state index contributed by atoms with van der Waals surface area (Å²) in [4.78, 5) is 0. The monoisotopic (exact) mass is 388 g/mol. The molecule has 3 rings (SSSR count). The zero-order valence-electron chi connectivity index (χ0n) is 18.5. The molecule has 0 saturated heterocycles. The summed E-state index contributed by atoms with van der Waals surface area (Å²) in [5, 5.41) is 32.0. The third-order valence-corrected chi connectivity index (χ3v) is 8.57. The van der Waals surface area contributed by atoms with Crippen molar-refractivity contribution in [2.75, 3.05) is 6.61 Å². The second-order valence-electron chi connectivity index (χ2n) is 10.7. The molecule has 2 saturated carbocycles. The normalized spacial score (nSPS) is 28.8. The van der Waals surface area contributed by atoms with Gasteiger partial charge in [0.1, 0.15) is 11.5 Å². The van der Waals surface area contributed by atoms with Crippen LogP contribution >= 0.6 is 0 Å². The molecule has 2 aliphatic carbocycles. The maximum atomic E-state index is 10.9. The molecule has 0 spiro atoms. The van der Waals surface area contributed by atoms with Crippen LogP contribution in [-0.2, 0) is 5.41 Å². The summed E-state index contributed by atoms with van der Waals surface area (Å²) in [7, 11) is 0. The van der Waals surface area contributed by atoms with E-state index >= 15 is 0 Å². The van der Waals surface area contributed by atoms with Crippen LogP contribution in [-0.4, -0.2) is 21.9 Å². The molecule has 0 aliphatic heterocycles. The molecule has 28 heavy (non-hydrogen) atoms. The second-order valence-corrected chi connectivity index (χ2v) is 10.7. The van der Waals surface area contributed by atoms with Gasteiger partial charge in [-0.05, 0) is 71.5 Å². The Kier molecular flexibility index (Phi) is 5.80. The van der Waals surface area contributed by atoms with Crippen molar-refractivity contribution < 1.29 is 15.3 Å². The Bertz CT molecular complexity index is 683. The highest BCUT2D eigenvalue weighted by molar-refractivity contribution is 5.52. The van der Waals surface area contributed by atoms with Gasteiger partial charge in [0.25, 0.3) is 0 Å². The molecule has 2 aliphatic rings. The minimum Gasteiger partial charge on any atom is -0.508 e. The van der Waals surface area contributed by atoms with Crippen LogP contribution in [0.25, 0.3) is 0 Å². The molecule has 3 nitrogen and oxygen atoms in total. The van der Waals surface area contributed by atoms with Gasteiger partial charge in [-0.2, -0.15) is 0 Å². The molecular weight excluding hydrogens is 348 g/mol. The third kappa shape index (κ3) is 3.34. The van der Waals surface area contributed by atoms with Crippen molar-refractivity contribution in [2.24, 2.45) is 16.7 Å². The Labute approximate surface area is 171 Å². The van der Waals surface area contributed by atoms with Gasteiger partial charge in [-0.1, -0.05) is 60.3 Å². The minimum atomic E-state index is -0.0849. The summed E-state index contributed by atoms with van der Waals surface area (Å²) in [5.41, 5.74) is 1.60. The van der Waals surface area contributed by atoms with E-state index in [0.29, 0.717) is 11.5 Å². The lowest BCUT2D eigenvalue weighted by Crippen LogP contribution is -2.33. The fourth-order valence-electron chi connectivity index (χ4n) is 6.32. The van der Waals surface area contributed by atoms with E-state index in [4.69, 9.17) is 0 Å². The molecule has 3 atom stereocenters. The molecule has 0 amide bonds. The zero-order valence-corrected chi connectivity index (χ0v) is 18.5. The molecule has 3 heteroatoms. The highest BCUT2D eigenvalue weighted by Gasteiger charge is 2.63. The molecule has 158 valence electrons. The van der Waals surface area contributed by atoms with Crippen LogP contribution < -0.4 is 0 Å². The largest absolute Gasteiger partial charge is 0.508 e. The van der Waals surface area contributed by atoms with E-state index in [1.165, 1.54) is 25.7 Å². The average Bonchev–Trinajstić information content (AvgIpc) is 3.01. The lowest BCUT2D eigenvalue weighted by atomic mass is 9.70. The quantitative estimate of drug-likeness (QED) is 0.461. The van der Waals surface area contributed by atoms with E-state index in [0.717, 1.165) is 31.2 Å². The van der Waals surface area contributed by atoms with Crippen LogP contribution in [0.3, 0.4) is 0 Å². The molecule has 1 aromatic rings. The van der Waals surface area contributed by atoms with Gasteiger partial charge in [-0.15, -0.1) is 0 Å². The number of hydrogen-bond donors (Lipinski definition) is 3. The molecule has 0 aromatic heterocycles. The predicted octanol–water partition coefficient (Wildman–Crippen LogP) is 6.25. The van der Waals surface area contributed by atoms with Gasteiger partial charge in [0.2, 0.25) is 0 Å². The number of aromatic hydroxyl groups is 2. The van der Waals surface area contributed by atoms with E-state index in [2.05, 4.69) is 34.6 Å². The first kappa shape index (κ1) is 21.5. The number of aliphatic hydroxyl groups is 1. The topological polar surface area (TPSA) is 60.7 Å². The lowest BCUT2D eigenvalue weighted by molar-refractivity contribution is 0.0466. The van der Waals surface area contributed by atoms with Gasteiger partial charge in [0.05, 0.1) is 0 Å². The van der Waals surface area contributed by atoms with Gasteiger partial charge in [-0.3, -0.25) is 0 Å². The van der Waals surface area contributed by atoms with Gasteiger partial charge >= 0.3 is 0 Å². The standard InChI is InChI=1S/C25H40O3/c1-6-7-8-9-11-23(2,3)17-13-20(27)22(21(28)14-17)18-15-25(16-26)12-10-19(18)24(25,4)5/h13-14,18-19,26-28H,6-12,15-16H2,1-5H3. The molecule has 2 fully saturated rings. The van der Waals surface area contributed by atoms with E-state index in [-0.39, 0.29) is 40.3 Å². The number of phenolic OH excluding ortho intramolecular Hbond substituents is 2. The zero-order chi connectivity index (χ0) is 20.7. The van der Waals surface area contributed by atoms with E-state index in [9.17, 15) is 15.3 Å². The number of fused-ring (bicyclic) bond motifs is 2. The molecule has 2 bridgehead atoms. The number of hydrogen-bond acceptors (Lipinski definition) is 3. The number of aliphatic hydroxyl groups excluding tert-OH is 1. The maximum Gasteiger partial charge on any atom is 0.123 e. The fourth-order valence-corrected chi connectivity index (χ4v) is 6.32. The fraction of sp³-hybridized carbons (Fsp3) is 0.760. The van der Waals surface area contributed by atoms with Crippen molar-refractivity contribution in [3.8, 4) is 11.5 Å². The van der Waals surface area contributed by atoms with E-state index in [1.807, 2.05) is 12.1 Å². The number of rotatable bonds is 8. The first-order valence-corrected chi connectivity index (χ1v) is 11.3. The van der Waals surface area contributed by atoms with Crippen LogP contribution in [0, 0.1) is 16.7 Å². The second kappa shape index (κ2) is 7.55. The highest BCUT2D eigenvalue weighted by Crippen LogP contribution is 2.71.